The molecule has 3 N–H and O–H groups in total. The number of rotatable bonds is 6. The third-order valence-corrected chi connectivity index (χ3v) is 4.98. The van der Waals surface area contributed by atoms with E-state index in [1.54, 1.807) is 12.1 Å². The van der Waals surface area contributed by atoms with E-state index in [0.717, 1.165) is 32.1 Å². The molecular formula is C18H28FNO. The van der Waals surface area contributed by atoms with Crippen LogP contribution in [0.2, 0.25) is 0 Å². The Morgan fingerprint density at radius 3 is 2.38 bits per heavy atom. The molecule has 0 aliphatic heterocycles. The van der Waals surface area contributed by atoms with Crippen LogP contribution in [0.15, 0.2) is 24.3 Å². The Morgan fingerprint density at radius 1 is 1.24 bits per heavy atom. The van der Waals surface area contributed by atoms with Crippen LogP contribution in [0, 0.1) is 17.2 Å². The molecule has 21 heavy (non-hydrogen) atoms. The van der Waals surface area contributed by atoms with E-state index < -0.39 is 6.10 Å². The van der Waals surface area contributed by atoms with Crippen LogP contribution in [0.3, 0.4) is 0 Å². The van der Waals surface area contributed by atoms with Gasteiger partial charge in [0.2, 0.25) is 0 Å². The number of benzene rings is 1. The molecule has 0 spiro atoms. The Bertz CT molecular complexity index is 454. The van der Waals surface area contributed by atoms with Gasteiger partial charge in [0.25, 0.3) is 0 Å². The van der Waals surface area contributed by atoms with Gasteiger partial charge in [-0.25, -0.2) is 4.39 Å². The zero-order valence-corrected chi connectivity index (χ0v) is 13.2. The minimum Gasteiger partial charge on any atom is -0.392 e. The minimum absolute atomic E-state index is 0.0967. The Morgan fingerprint density at radius 2 is 1.86 bits per heavy atom. The molecule has 118 valence electrons. The first kappa shape index (κ1) is 16.4. The molecule has 1 aliphatic carbocycles. The van der Waals surface area contributed by atoms with Crippen LogP contribution in [0.25, 0.3) is 0 Å². The minimum atomic E-state index is -0.565. The quantitative estimate of drug-likeness (QED) is 0.837. The SMILES string of the molecule is CC(C)CC1(C(O)C(CN)c2ccccc2F)CCCC1. The molecule has 1 aliphatic rings. The Labute approximate surface area is 127 Å². The number of nitrogens with two attached hydrogens (primary N) is 1. The zero-order valence-electron chi connectivity index (χ0n) is 13.2. The van der Waals surface area contributed by atoms with E-state index in [9.17, 15) is 9.50 Å². The molecule has 0 aromatic heterocycles. The van der Waals surface area contributed by atoms with Crippen molar-refractivity contribution in [2.45, 2.75) is 58.0 Å². The largest absolute Gasteiger partial charge is 0.392 e. The maximum absolute atomic E-state index is 14.1. The van der Waals surface area contributed by atoms with Crippen molar-refractivity contribution < 1.29 is 9.50 Å². The second-order valence-corrected chi connectivity index (χ2v) is 6.98. The van der Waals surface area contributed by atoms with E-state index >= 15 is 0 Å². The van der Waals surface area contributed by atoms with Gasteiger partial charge in [-0.3, -0.25) is 0 Å². The smallest absolute Gasteiger partial charge is 0.126 e. The van der Waals surface area contributed by atoms with Gasteiger partial charge in [-0.05, 0) is 42.2 Å². The molecule has 2 nitrogen and oxygen atoms in total. The van der Waals surface area contributed by atoms with Crippen LogP contribution in [0.5, 0.6) is 0 Å². The summed E-state index contributed by atoms with van der Waals surface area (Å²) in [5.41, 5.74) is 6.37. The lowest BCUT2D eigenvalue weighted by Gasteiger charge is -2.40. The highest BCUT2D eigenvalue weighted by atomic mass is 19.1. The number of hydrogen-bond donors (Lipinski definition) is 2. The fourth-order valence-electron chi connectivity index (χ4n) is 4.14. The zero-order chi connectivity index (χ0) is 15.5. The first-order chi connectivity index (χ1) is 10.00. The fourth-order valence-corrected chi connectivity index (χ4v) is 4.14. The molecule has 2 rings (SSSR count). The van der Waals surface area contributed by atoms with Crippen LogP contribution in [-0.4, -0.2) is 17.8 Å². The van der Waals surface area contributed by atoms with Gasteiger partial charge in [-0.2, -0.15) is 0 Å². The number of aliphatic hydroxyl groups is 1. The summed E-state index contributed by atoms with van der Waals surface area (Å²) in [7, 11) is 0. The molecule has 0 heterocycles. The predicted molar refractivity (Wildman–Crippen MR) is 84.6 cm³/mol. The van der Waals surface area contributed by atoms with Crippen LogP contribution in [0.1, 0.15) is 57.4 Å². The Balaban J connectivity index is 2.30. The van der Waals surface area contributed by atoms with Gasteiger partial charge in [0.1, 0.15) is 5.82 Å². The van der Waals surface area contributed by atoms with Gasteiger partial charge in [-0.15, -0.1) is 0 Å². The monoisotopic (exact) mass is 293 g/mol. The molecule has 0 amide bonds. The van der Waals surface area contributed by atoms with Crippen molar-refractivity contribution in [2.24, 2.45) is 17.1 Å². The average Bonchev–Trinajstić information content (AvgIpc) is 2.90. The normalized spacial score (nSPS) is 20.7. The highest BCUT2D eigenvalue weighted by Crippen LogP contribution is 2.49. The van der Waals surface area contributed by atoms with E-state index in [-0.39, 0.29) is 23.7 Å². The maximum Gasteiger partial charge on any atom is 0.126 e. The van der Waals surface area contributed by atoms with E-state index in [1.807, 2.05) is 6.07 Å². The van der Waals surface area contributed by atoms with Crippen molar-refractivity contribution in [2.75, 3.05) is 6.54 Å². The summed E-state index contributed by atoms with van der Waals surface area (Å²) in [6.07, 6.45) is 4.77. The van der Waals surface area contributed by atoms with Gasteiger partial charge in [0, 0.05) is 12.5 Å². The van der Waals surface area contributed by atoms with E-state index in [2.05, 4.69) is 13.8 Å². The second kappa shape index (κ2) is 6.89. The molecule has 1 aromatic rings. The van der Waals surface area contributed by atoms with Crippen molar-refractivity contribution in [3.8, 4) is 0 Å². The van der Waals surface area contributed by atoms with Gasteiger partial charge in [0.15, 0.2) is 0 Å². The van der Waals surface area contributed by atoms with E-state index in [0.29, 0.717) is 11.5 Å². The number of halogens is 1. The summed E-state index contributed by atoms with van der Waals surface area (Å²) in [6, 6.07) is 6.71. The molecule has 3 heteroatoms. The summed E-state index contributed by atoms with van der Waals surface area (Å²) in [4.78, 5) is 0. The molecule has 1 fully saturated rings. The van der Waals surface area contributed by atoms with Gasteiger partial charge in [0.05, 0.1) is 6.10 Å². The van der Waals surface area contributed by atoms with Crippen molar-refractivity contribution in [1.82, 2.24) is 0 Å². The molecule has 0 saturated heterocycles. The van der Waals surface area contributed by atoms with Gasteiger partial charge < -0.3 is 10.8 Å². The standard InChI is InChI=1S/C18H28FNO/c1-13(2)11-18(9-5-6-10-18)17(21)15(12-20)14-7-3-4-8-16(14)19/h3-4,7-8,13,15,17,21H,5-6,9-12,20H2,1-2H3. The molecule has 2 unspecified atom stereocenters. The lowest BCUT2D eigenvalue weighted by Crippen LogP contribution is -2.41. The van der Waals surface area contributed by atoms with Gasteiger partial charge >= 0.3 is 0 Å². The Hall–Kier alpha value is -0.930. The van der Waals surface area contributed by atoms with Crippen molar-refractivity contribution in [3.05, 3.63) is 35.6 Å². The summed E-state index contributed by atoms with van der Waals surface area (Å²) in [5, 5.41) is 11.0. The average molecular weight is 293 g/mol. The van der Waals surface area contributed by atoms with Crippen molar-refractivity contribution >= 4 is 0 Å². The maximum atomic E-state index is 14.1. The lowest BCUT2D eigenvalue weighted by molar-refractivity contribution is -0.00572. The van der Waals surface area contributed by atoms with Crippen LogP contribution in [-0.2, 0) is 0 Å². The van der Waals surface area contributed by atoms with Crippen molar-refractivity contribution in [1.29, 1.82) is 0 Å². The molecule has 1 saturated carbocycles. The van der Waals surface area contributed by atoms with E-state index in [4.69, 9.17) is 5.73 Å². The molecular weight excluding hydrogens is 265 g/mol. The lowest BCUT2D eigenvalue weighted by atomic mass is 9.68. The highest BCUT2D eigenvalue weighted by molar-refractivity contribution is 5.24. The summed E-state index contributed by atoms with van der Waals surface area (Å²) in [6.45, 7) is 4.66. The fraction of sp³-hybridized carbons (Fsp3) is 0.667. The summed E-state index contributed by atoms with van der Waals surface area (Å²) in [5.74, 6) is -0.0514. The second-order valence-electron chi connectivity index (χ2n) is 6.98. The highest BCUT2D eigenvalue weighted by Gasteiger charge is 2.44. The number of aliphatic hydroxyl groups excluding tert-OH is 1. The van der Waals surface area contributed by atoms with E-state index in [1.165, 1.54) is 6.07 Å². The first-order valence-electron chi connectivity index (χ1n) is 8.13. The third-order valence-electron chi connectivity index (χ3n) is 4.98. The van der Waals surface area contributed by atoms with Gasteiger partial charge in [-0.1, -0.05) is 44.9 Å². The topological polar surface area (TPSA) is 46.2 Å². The molecule has 0 radical (unpaired) electrons. The van der Waals surface area contributed by atoms with Crippen LogP contribution < -0.4 is 5.73 Å². The van der Waals surface area contributed by atoms with Crippen LogP contribution in [0.4, 0.5) is 4.39 Å². The van der Waals surface area contributed by atoms with Crippen molar-refractivity contribution in [3.63, 3.8) is 0 Å². The number of hydrogen-bond acceptors (Lipinski definition) is 2. The first-order valence-corrected chi connectivity index (χ1v) is 8.13. The van der Waals surface area contributed by atoms with Crippen LogP contribution >= 0.6 is 0 Å². The summed E-state index contributed by atoms with van der Waals surface area (Å²) < 4.78 is 14.1. The molecule has 1 aromatic carbocycles. The molecule has 2 atom stereocenters. The Kier molecular flexibility index (Phi) is 5.39. The third kappa shape index (κ3) is 3.46. The summed E-state index contributed by atoms with van der Waals surface area (Å²) >= 11 is 0. The predicted octanol–water partition coefficient (Wildman–Crippen LogP) is 3.84. The molecule has 0 bridgehead atoms.